The van der Waals surface area contributed by atoms with Crippen molar-refractivity contribution in [1.82, 2.24) is 0 Å². The maximum Gasteiger partial charge on any atom is 0.0761 e. The second kappa shape index (κ2) is 4.79. The fraction of sp³-hybridized carbons (Fsp3) is 0.600. The van der Waals surface area contributed by atoms with Crippen molar-refractivity contribution in [2.75, 3.05) is 0 Å². The minimum absolute atomic E-state index is 0.235. The number of benzene rings is 1. The zero-order valence-electron chi connectivity index (χ0n) is 11.0. The van der Waals surface area contributed by atoms with Crippen molar-refractivity contribution in [3.8, 4) is 0 Å². The van der Waals surface area contributed by atoms with Crippen LogP contribution in [-0.2, 0) is 0 Å². The highest BCUT2D eigenvalue weighted by atomic mass is 16.3. The summed E-state index contributed by atoms with van der Waals surface area (Å²) in [5.74, 6) is 0.408. The molecule has 1 aromatic carbocycles. The smallest absolute Gasteiger partial charge is 0.0761 e. The molecule has 0 saturated heterocycles. The molecule has 0 spiro atoms. The van der Waals surface area contributed by atoms with Crippen LogP contribution >= 0.6 is 0 Å². The molecule has 2 nitrogen and oxygen atoms in total. The van der Waals surface area contributed by atoms with Gasteiger partial charge in [-0.3, -0.25) is 0 Å². The number of nitrogens with two attached hydrogens (primary N) is 1. The summed E-state index contributed by atoms with van der Waals surface area (Å²) in [6.07, 6.45) is 3.10. The van der Waals surface area contributed by atoms with Gasteiger partial charge in [-0.25, -0.2) is 0 Å². The Morgan fingerprint density at radius 1 is 1.18 bits per heavy atom. The Morgan fingerprint density at radius 3 is 2.12 bits per heavy atom. The molecule has 3 N–H and O–H groups in total. The van der Waals surface area contributed by atoms with E-state index in [0.29, 0.717) is 5.92 Å². The lowest BCUT2D eigenvalue weighted by Crippen LogP contribution is -2.37. The molecule has 2 atom stereocenters. The van der Waals surface area contributed by atoms with Gasteiger partial charge in [0.15, 0.2) is 0 Å². The van der Waals surface area contributed by atoms with Crippen LogP contribution in [0.15, 0.2) is 12.1 Å². The molecule has 1 aromatic rings. The first-order valence-electron chi connectivity index (χ1n) is 6.52. The molecule has 1 aliphatic rings. The Hall–Kier alpha value is -0.860. The lowest BCUT2D eigenvalue weighted by atomic mass is 9.76. The molecule has 1 saturated carbocycles. The van der Waals surface area contributed by atoms with Crippen LogP contribution in [0, 0.1) is 26.7 Å². The quantitative estimate of drug-likeness (QED) is 0.843. The van der Waals surface area contributed by atoms with Crippen molar-refractivity contribution in [1.29, 1.82) is 0 Å². The average molecular weight is 233 g/mol. The van der Waals surface area contributed by atoms with Gasteiger partial charge in [-0.15, -0.1) is 0 Å². The van der Waals surface area contributed by atoms with Crippen LogP contribution < -0.4 is 5.73 Å². The summed E-state index contributed by atoms with van der Waals surface area (Å²) in [5, 5.41) is 10.3. The predicted octanol–water partition coefficient (Wildman–Crippen LogP) is 2.77. The highest BCUT2D eigenvalue weighted by Crippen LogP contribution is 2.35. The molecule has 0 amide bonds. The molecular weight excluding hydrogens is 210 g/mol. The minimum atomic E-state index is -0.385. The molecule has 0 heterocycles. The second-order valence-electron chi connectivity index (χ2n) is 5.52. The Bertz CT molecular complexity index is 386. The zero-order valence-corrected chi connectivity index (χ0v) is 11.0. The molecule has 94 valence electrons. The lowest BCUT2D eigenvalue weighted by Gasteiger charge is -2.34. The fourth-order valence-electron chi connectivity index (χ4n) is 2.96. The van der Waals surface area contributed by atoms with Gasteiger partial charge >= 0.3 is 0 Å². The van der Waals surface area contributed by atoms with Crippen LogP contribution in [0.25, 0.3) is 0 Å². The van der Waals surface area contributed by atoms with Crippen molar-refractivity contribution in [3.05, 3.63) is 34.4 Å². The largest absolute Gasteiger partial charge is 0.391 e. The number of aliphatic hydroxyl groups excluding tert-OH is 1. The summed E-state index contributed by atoms with van der Waals surface area (Å²) < 4.78 is 0. The third kappa shape index (κ3) is 2.38. The van der Waals surface area contributed by atoms with E-state index >= 15 is 0 Å². The van der Waals surface area contributed by atoms with Crippen LogP contribution in [0.5, 0.6) is 0 Å². The van der Waals surface area contributed by atoms with E-state index in [1.165, 1.54) is 23.1 Å². The number of aliphatic hydroxyl groups is 1. The van der Waals surface area contributed by atoms with Gasteiger partial charge in [0.25, 0.3) is 0 Å². The van der Waals surface area contributed by atoms with E-state index in [0.717, 1.165) is 18.4 Å². The maximum absolute atomic E-state index is 10.3. The molecule has 1 fully saturated rings. The van der Waals surface area contributed by atoms with Gasteiger partial charge in [-0.05, 0) is 56.2 Å². The zero-order chi connectivity index (χ0) is 12.6. The number of hydrogen-bond donors (Lipinski definition) is 2. The Morgan fingerprint density at radius 2 is 1.71 bits per heavy atom. The van der Waals surface area contributed by atoms with Gasteiger partial charge in [0.2, 0.25) is 0 Å². The van der Waals surface area contributed by atoms with E-state index in [1.54, 1.807) is 0 Å². The second-order valence-corrected chi connectivity index (χ2v) is 5.52. The van der Waals surface area contributed by atoms with Gasteiger partial charge in [0.1, 0.15) is 0 Å². The van der Waals surface area contributed by atoms with Gasteiger partial charge < -0.3 is 10.8 Å². The van der Waals surface area contributed by atoms with Crippen molar-refractivity contribution in [2.45, 2.75) is 52.2 Å². The summed E-state index contributed by atoms with van der Waals surface area (Å²) in [4.78, 5) is 0. The van der Waals surface area contributed by atoms with Crippen molar-refractivity contribution in [3.63, 3.8) is 0 Å². The van der Waals surface area contributed by atoms with E-state index in [4.69, 9.17) is 5.73 Å². The third-order valence-electron chi connectivity index (χ3n) is 4.07. The van der Waals surface area contributed by atoms with Crippen molar-refractivity contribution < 1.29 is 5.11 Å². The van der Waals surface area contributed by atoms with Gasteiger partial charge in [-0.2, -0.15) is 0 Å². The molecule has 0 aliphatic heterocycles. The summed E-state index contributed by atoms with van der Waals surface area (Å²) >= 11 is 0. The number of rotatable bonds is 3. The van der Waals surface area contributed by atoms with E-state index in [1.807, 2.05) is 0 Å². The lowest BCUT2D eigenvalue weighted by molar-refractivity contribution is 0.0410. The van der Waals surface area contributed by atoms with Crippen LogP contribution in [0.1, 0.15) is 47.6 Å². The summed E-state index contributed by atoms with van der Waals surface area (Å²) in [7, 11) is 0. The van der Waals surface area contributed by atoms with Gasteiger partial charge in [0, 0.05) is 0 Å². The molecule has 17 heavy (non-hydrogen) atoms. The van der Waals surface area contributed by atoms with Crippen molar-refractivity contribution >= 4 is 0 Å². The van der Waals surface area contributed by atoms with Crippen LogP contribution in [-0.4, -0.2) is 11.2 Å². The number of aryl methyl sites for hydroxylation is 3. The first kappa shape index (κ1) is 12.6. The monoisotopic (exact) mass is 233 g/mol. The van der Waals surface area contributed by atoms with E-state index in [9.17, 15) is 5.11 Å². The summed E-state index contributed by atoms with van der Waals surface area (Å²) in [6.45, 7) is 6.27. The minimum Gasteiger partial charge on any atom is -0.391 e. The molecule has 1 aliphatic carbocycles. The van der Waals surface area contributed by atoms with Gasteiger partial charge in [0.05, 0.1) is 12.1 Å². The fourth-order valence-corrected chi connectivity index (χ4v) is 2.96. The van der Waals surface area contributed by atoms with E-state index < -0.39 is 0 Å². The standard InChI is InChI=1S/C15H23NO/c1-9-7-10(2)13(11(3)8-9)14(16)15(17)12-5-4-6-12/h7-8,12,14-15,17H,4-6,16H2,1-3H3/t14-,15+/m0/s1. The SMILES string of the molecule is Cc1cc(C)c([C@H](N)[C@H](O)C2CCC2)c(C)c1. The highest BCUT2D eigenvalue weighted by Gasteiger charge is 2.31. The Labute approximate surface area is 104 Å². The first-order valence-corrected chi connectivity index (χ1v) is 6.52. The van der Waals surface area contributed by atoms with Gasteiger partial charge in [-0.1, -0.05) is 24.1 Å². The highest BCUT2D eigenvalue weighted by molar-refractivity contribution is 5.40. The molecule has 2 heteroatoms. The molecule has 0 aromatic heterocycles. The molecule has 0 unspecified atom stereocenters. The summed E-state index contributed by atoms with van der Waals surface area (Å²) in [6, 6.07) is 4.06. The van der Waals surface area contributed by atoms with Crippen molar-refractivity contribution in [2.24, 2.45) is 11.7 Å². The topological polar surface area (TPSA) is 46.2 Å². The number of hydrogen-bond acceptors (Lipinski definition) is 2. The predicted molar refractivity (Wildman–Crippen MR) is 70.9 cm³/mol. The molecular formula is C15H23NO. The van der Waals surface area contributed by atoms with E-state index in [-0.39, 0.29) is 12.1 Å². The average Bonchev–Trinajstić information content (AvgIpc) is 2.12. The van der Waals surface area contributed by atoms with Crippen LogP contribution in [0.4, 0.5) is 0 Å². The Kier molecular flexibility index (Phi) is 3.55. The normalized spacial score (nSPS) is 19.8. The molecule has 0 bridgehead atoms. The third-order valence-corrected chi connectivity index (χ3v) is 4.07. The Balaban J connectivity index is 2.26. The van der Waals surface area contributed by atoms with Crippen LogP contribution in [0.2, 0.25) is 0 Å². The molecule has 0 radical (unpaired) electrons. The summed E-state index contributed by atoms with van der Waals surface area (Å²) in [5.41, 5.74) is 11.0. The maximum atomic E-state index is 10.3. The first-order chi connectivity index (χ1) is 8.00. The molecule has 2 rings (SSSR count). The van der Waals surface area contributed by atoms with Crippen LogP contribution in [0.3, 0.4) is 0 Å². The van der Waals surface area contributed by atoms with E-state index in [2.05, 4.69) is 32.9 Å².